The number of carbonyl (C=O) groups is 1. The lowest BCUT2D eigenvalue weighted by Crippen LogP contribution is -2.22. The first-order chi connectivity index (χ1) is 13.0. The molecule has 3 rings (SSSR count). The second-order valence-electron chi connectivity index (χ2n) is 6.19. The Kier molecular flexibility index (Phi) is 5.32. The number of amides is 1. The van der Waals surface area contributed by atoms with Gasteiger partial charge in [0.05, 0.1) is 16.8 Å². The van der Waals surface area contributed by atoms with Gasteiger partial charge in [-0.2, -0.15) is 5.26 Å². The zero-order chi connectivity index (χ0) is 19.4. The third kappa shape index (κ3) is 3.87. The van der Waals surface area contributed by atoms with Gasteiger partial charge in [0, 0.05) is 30.2 Å². The van der Waals surface area contributed by atoms with Gasteiger partial charge < -0.3 is 10.6 Å². The van der Waals surface area contributed by atoms with Crippen molar-refractivity contribution in [1.82, 2.24) is 10.3 Å². The Balaban J connectivity index is 1.88. The molecule has 5 nitrogen and oxygen atoms in total. The van der Waals surface area contributed by atoms with Crippen molar-refractivity contribution in [1.29, 1.82) is 5.26 Å². The number of aromatic nitrogens is 1. The van der Waals surface area contributed by atoms with Crippen LogP contribution in [0.15, 0.2) is 42.6 Å². The molecule has 136 valence electrons. The molecular weight excluding hydrogens is 343 g/mol. The summed E-state index contributed by atoms with van der Waals surface area (Å²) in [7, 11) is 0. The number of fused-ring (bicyclic) bond motifs is 1. The highest BCUT2D eigenvalue weighted by molar-refractivity contribution is 5.96. The summed E-state index contributed by atoms with van der Waals surface area (Å²) in [4.78, 5) is 16.1. The van der Waals surface area contributed by atoms with Crippen LogP contribution in [-0.2, 0) is 6.54 Å². The van der Waals surface area contributed by atoms with Gasteiger partial charge in [-0.15, -0.1) is 0 Å². The van der Waals surface area contributed by atoms with E-state index in [1.54, 1.807) is 19.1 Å². The number of rotatable bonds is 5. The molecule has 0 saturated heterocycles. The van der Waals surface area contributed by atoms with Gasteiger partial charge in [-0.25, -0.2) is 4.39 Å². The van der Waals surface area contributed by atoms with E-state index in [2.05, 4.69) is 21.7 Å². The van der Waals surface area contributed by atoms with Crippen LogP contribution in [-0.4, -0.2) is 17.4 Å². The zero-order valence-corrected chi connectivity index (χ0v) is 15.1. The molecule has 2 N–H and O–H groups in total. The number of hydrogen-bond donors (Lipinski definition) is 2. The molecule has 0 radical (unpaired) electrons. The lowest BCUT2D eigenvalue weighted by Gasteiger charge is -2.13. The summed E-state index contributed by atoms with van der Waals surface area (Å²) >= 11 is 0. The second-order valence-corrected chi connectivity index (χ2v) is 6.19. The van der Waals surface area contributed by atoms with Gasteiger partial charge in [0.2, 0.25) is 0 Å². The topological polar surface area (TPSA) is 77.8 Å². The molecule has 0 saturated carbocycles. The number of aryl methyl sites for hydroxylation is 1. The molecule has 0 spiro atoms. The number of halogens is 1. The molecule has 0 aliphatic carbocycles. The van der Waals surface area contributed by atoms with Gasteiger partial charge in [-0.1, -0.05) is 12.1 Å². The van der Waals surface area contributed by atoms with Crippen LogP contribution < -0.4 is 10.6 Å². The van der Waals surface area contributed by atoms with Crippen LogP contribution >= 0.6 is 0 Å². The zero-order valence-electron chi connectivity index (χ0n) is 15.1. The average molecular weight is 362 g/mol. The first-order valence-corrected chi connectivity index (χ1v) is 8.63. The Hall–Kier alpha value is -3.46. The summed E-state index contributed by atoms with van der Waals surface area (Å²) in [5.74, 6) is -0.485. The van der Waals surface area contributed by atoms with Crippen molar-refractivity contribution in [2.75, 3.05) is 11.9 Å². The maximum Gasteiger partial charge on any atom is 0.251 e. The first-order valence-electron chi connectivity index (χ1n) is 8.63. The van der Waals surface area contributed by atoms with Crippen LogP contribution in [0.5, 0.6) is 0 Å². The quantitative estimate of drug-likeness (QED) is 0.721. The number of nitrogens with one attached hydrogen (secondary N) is 2. The van der Waals surface area contributed by atoms with E-state index in [9.17, 15) is 14.4 Å². The Labute approximate surface area is 156 Å². The number of nitrogens with zero attached hydrogens (tertiary/aromatic N) is 2. The fourth-order valence-corrected chi connectivity index (χ4v) is 2.94. The predicted molar refractivity (Wildman–Crippen MR) is 103 cm³/mol. The van der Waals surface area contributed by atoms with E-state index in [1.807, 2.05) is 19.1 Å². The minimum absolute atomic E-state index is 0.116. The van der Waals surface area contributed by atoms with Crippen LogP contribution in [0.1, 0.15) is 34.0 Å². The van der Waals surface area contributed by atoms with Crippen molar-refractivity contribution in [3.05, 3.63) is 70.7 Å². The molecule has 0 aliphatic rings. The van der Waals surface area contributed by atoms with Gasteiger partial charge in [0.15, 0.2) is 0 Å². The monoisotopic (exact) mass is 362 g/mol. The van der Waals surface area contributed by atoms with E-state index in [0.717, 1.165) is 5.56 Å². The molecule has 1 aromatic heterocycles. The lowest BCUT2D eigenvalue weighted by atomic mass is 10.1. The number of hydrogen-bond acceptors (Lipinski definition) is 4. The lowest BCUT2D eigenvalue weighted by molar-refractivity contribution is 0.0956. The molecule has 0 fully saturated rings. The second kappa shape index (κ2) is 7.83. The fraction of sp³-hybridized carbons (Fsp3) is 0.190. The smallest absolute Gasteiger partial charge is 0.251 e. The van der Waals surface area contributed by atoms with E-state index >= 15 is 0 Å². The summed E-state index contributed by atoms with van der Waals surface area (Å²) in [5.41, 5.74) is 3.80. The number of anilines is 1. The molecule has 0 aliphatic heterocycles. The van der Waals surface area contributed by atoms with Crippen LogP contribution in [0.4, 0.5) is 10.1 Å². The molecule has 6 heteroatoms. The highest BCUT2D eigenvalue weighted by Gasteiger charge is 2.12. The molecule has 0 atom stereocenters. The van der Waals surface area contributed by atoms with Crippen molar-refractivity contribution < 1.29 is 9.18 Å². The van der Waals surface area contributed by atoms with E-state index < -0.39 is 0 Å². The Morgan fingerprint density at radius 3 is 2.67 bits per heavy atom. The molecule has 1 amide bonds. The van der Waals surface area contributed by atoms with Gasteiger partial charge in [0.25, 0.3) is 5.91 Å². The van der Waals surface area contributed by atoms with Crippen molar-refractivity contribution in [2.24, 2.45) is 0 Å². The minimum atomic E-state index is -0.369. The molecule has 0 bridgehead atoms. The summed E-state index contributed by atoms with van der Waals surface area (Å²) in [6.45, 7) is 4.66. The largest absolute Gasteiger partial charge is 0.379 e. The average Bonchev–Trinajstić information content (AvgIpc) is 2.66. The van der Waals surface area contributed by atoms with Crippen molar-refractivity contribution in [2.45, 2.75) is 20.4 Å². The van der Waals surface area contributed by atoms with Crippen molar-refractivity contribution >= 4 is 22.5 Å². The Morgan fingerprint density at radius 1 is 1.26 bits per heavy atom. The number of nitriles is 1. The number of benzene rings is 2. The highest BCUT2D eigenvalue weighted by Crippen LogP contribution is 2.29. The van der Waals surface area contributed by atoms with Crippen molar-refractivity contribution in [3.63, 3.8) is 0 Å². The third-order valence-corrected chi connectivity index (χ3v) is 4.27. The standard InChI is InChI=1S/C21H19FN4O/c1-3-24-21(27)15-6-4-14(5-7-15)11-25-20-16(10-23)12-26-19-13(2)8-17(22)9-18(19)20/h4-9,12H,3,11H2,1-2H3,(H,24,27)(H,25,26). The molecular formula is C21H19FN4O. The molecule has 2 aromatic carbocycles. The van der Waals surface area contributed by atoms with E-state index in [1.165, 1.54) is 18.3 Å². The van der Waals surface area contributed by atoms with Crippen LogP contribution in [0.25, 0.3) is 10.9 Å². The van der Waals surface area contributed by atoms with Crippen LogP contribution in [0.2, 0.25) is 0 Å². The van der Waals surface area contributed by atoms with Gasteiger partial charge in [-0.3, -0.25) is 9.78 Å². The molecule has 3 aromatic rings. The maximum atomic E-state index is 13.9. The Bertz CT molecular complexity index is 1040. The summed E-state index contributed by atoms with van der Waals surface area (Å²) in [5, 5.41) is 15.9. The predicted octanol–water partition coefficient (Wildman–Crippen LogP) is 3.92. The summed E-state index contributed by atoms with van der Waals surface area (Å²) in [6, 6.07) is 12.1. The highest BCUT2D eigenvalue weighted by atomic mass is 19.1. The van der Waals surface area contributed by atoms with E-state index in [4.69, 9.17) is 0 Å². The van der Waals surface area contributed by atoms with Crippen molar-refractivity contribution in [3.8, 4) is 6.07 Å². The van der Waals surface area contributed by atoms with Gasteiger partial charge in [-0.05, 0) is 49.2 Å². The molecule has 27 heavy (non-hydrogen) atoms. The van der Waals surface area contributed by atoms with Crippen LogP contribution in [0.3, 0.4) is 0 Å². The third-order valence-electron chi connectivity index (χ3n) is 4.27. The SMILES string of the molecule is CCNC(=O)c1ccc(CNc2c(C#N)cnc3c(C)cc(F)cc23)cc1. The summed E-state index contributed by atoms with van der Waals surface area (Å²) in [6.07, 6.45) is 1.49. The van der Waals surface area contributed by atoms with E-state index in [0.29, 0.717) is 46.4 Å². The number of carbonyl (C=O) groups excluding carboxylic acids is 1. The normalized spacial score (nSPS) is 10.4. The van der Waals surface area contributed by atoms with Gasteiger partial charge in [0.1, 0.15) is 11.9 Å². The van der Waals surface area contributed by atoms with E-state index in [-0.39, 0.29) is 11.7 Å². The molecule has 1 heterocycles. The Morgan fingerprint density at radius 2 is 2.00 bits per heavy atom. The maximum absolute atomic E-state index is 13.9. The van der Waals surface area contributed by atoms with Gasteiger partial charge >= 0.3 is 0 Å². The fourth-order valence-electron chi connectivity index (χ4n) is 2.94. The van der Waals surface area contributed by atoms with Crippen LogP contribution in [0, 0.1) is 24.1 Å². The first kappa shape index (κ1) is 18.3. The summed E-state index contributed by atoms with van der Waals surface area (Å²) < 4.78 is 13.9. The molecule has 0 unspecified atom stereocenters. The number of pyridine rings is 1. The minimum Gasteiger partial charge on any atom is -0.379 e.